The zero-order chi connectivity index (χ0) is 14.6. The zero-order valence-corrected chi connectivity index (χ0v) is 12.9. The van der Waals surface area contributed by atoms with Crippen molar-refractivity contribution in [3.05, 3.63) is 17.5 Å². The van der Waals surface area contributed by atoms with E-state index in [1.54, 1.807) is 0 Å². The molecule has 1 N–H and O–H groups in total. The topological polar surface area (TPSA) is 50.5 Å². The number of aliphatic hydroxyl groups is 1. The lowest BCUT2D eigenvalue weighted by molar-refractivity contribution is -0.0779. The fourth-order valence-electron chi connectivity index (χ4n) is 2.83. The van der Waals surface area contributed by atoms with Crippen molar-refractivity contribution in [3.8, 4) is 0 Å². The monoisotopic (exact) mass is 281 g/mol. The molecule has 1 aliphatic rings. The summed E-state index contributed by atoms with van der Waals surface area (Å²) in [6.07, 6.45) is 2.42. The summed E-state index contributed by atoms with van der Waals surface area (Å²) < 4.78 is 7.39. The lowest BCUT2D eigenvalue weighted by Crippen LogP contribution is -2.45. The van der Waals surface area contributed by atoms with E-state index < -0.39 is 5.60 Å². The molecular weight excluding hydrogens is 254 g/mol. The first kappa shape index (κ1) is 15.5. The van der Waals surface area contributed by atoms with Gasteiger partial charge in [-0.25, -0.2) is 0 Å². The van der Waals surface area contributed by atoms with E-state index in [9.17, 15) is 5.11 Å². The predicted octanol–water partition coefficient (Wildman–Crippen LogP) is 1.44. The predicted molar refractivity (Wildman–Crippen MR) is 78.6 cm³/mol. The van der Waals surface area contributed by atoms with Gasteiger partial charge in [0, 0.05) is 45.7 Å². The maximum absolute atomic E-state index is 10.6. The van der Waals surface area contributed by atoms with Crippen LogP contribution in [0.15, 0.2) is 6.07 Å². The summed E-state index contributed by atoms with van der Waals surface area (Å²) in [6.45, 7) is 7.97. The van der Waals surface area contributed by atoms with Crippen molar-refractivity contribution in [1.82, 2.24) is 14.7 Å². The van der Waals surface area contributed by atoms with E-state index in [1.807, 2.05) is 0 Å². The minimum atomic E-state index is -0.600. The van der Waals surface area contributed by atoms with E-state index >= 15 is 0 Å². The Balaban J connectivity index is 1.96. The van der Waals surface area contributed by atoms with Crippen LogP contribution < -0.4 is 0 Å². The molecule has 2 heterocycles. The zero-order valence-electron chi connectivity index (χ0n) is 12.9. The normalized spacial score (nSPS) is 18.6. The second kappa shape index (κ2) is 6.70. The summed E-state index contributed by atoms with van der Waals surface area (Å²) >= 11 is 0. The average Bonchev–Trinajstić information content (AvgIpc) is 2.81. The molecule has 1 saturated heterocycles. The van der Waals surface area contributed by atoms with Gasteiger partial charge in [0.15, 0.2) is 0 Å². The van der Waals surface area contributed by atoms with Crippen molar-refractivity contribution in [3.63, 3.8) is 0 Å². The Morgan fingerprint density at radius 3 is 2.70 bits per heavy atom. The van der Waals surface area contributed by atoms with Crippen LogP contribution in [-0.4, -0.2) is 52.2 Å². The average molecular weight is 281 g/mol. The molecule has 5 heteroatoms. The van der Waals surface area contributed by atoms with Crippen LogP contribution >= 0.6 is 0 Å². The number of nitrogens with zero attached hydrogens (tertiary/aromatic N) is 3. The van der Waals surface area contributed by atoms with Gasteiger partial charge in [-0.2, -0.15) is 5.10 Å². The van der Waals surface area contributed by atoms with Crippen LogP contribution in [0.3, 0.4) is 0 Å². The highest BCUT2D eigenvalue weighted by Gasteiger charge is 2.31. The molecule has 114 valence electrons. The Bertz CT molecular complexity index is 425. The Labute approximate surface area is 121 Å². The van der Waals surface area contributed by atoms with Gasteiger partial charge in [-0.05, 0) is 26.5 Å². The van der Waals surface area contributed by atoms with Crippen molar-refractivity contribution in [2.75, 3.05) is 26.8 Å². The molecule has 0 amide bonds. The van der Waals surface area contributed by atoms with Gasteiger partial charge in [0.1, 0.15) is 0 Å². The third-order valence-corrected chi connectivity index (χ3v) is 4.00. The first-order valence-corrected chi connectivity index (χ1v) is 7.60. The van der Waals surface area contributed by atoms with E-state index in [1.165, 1.54) is 5.69 Å². The number of aromatic nitrogens is 2. The van der Waals surface area contributed by atoms with Gasteiger partial charge in [-0.15, -0.1) is 0 Å². The van der Waals surface area contributed by atoms with Crippen molar-refractivity contribution in [1.29, 1.82) is 0 Å². The van der Waals surface area contributed by atoms with Crippen LogP contribution in [0.2, 0.25) is 0 Å². The van der Waals surface area contributed by atoms with Crippen molar-refractivity contribution in [2.45, 2.75) is 51.8 Å². The molecular formula is C15H27N3O2. The third kappa shape index (κ3) is 3.81. The standard InChI is InChI=1S/C15H27N3O2/c1-4-13-10-14(18(5-2)16-13)11-17(3)12-15(19)6-8-20-9-7-15/h10,19H,4-9,11-12H2,1-3H3. The van der Waals surface area contributed by atoms with Crippen LogP contribution in [0, 0.1) is 0 Å². The van der Waals surface area contributed by atoms with Crippen LogP contribution in [0.25, 0.3) is 0 Å². The van der Waals surface area contributed by atoms with E-state index in [0.29, 0.717) is 19.8 Å². The number of rotatable bonds is 6. The van der Waals surface area contributed by atoms with Crippen LogP contribution in [0.1, 0.15) is 38.1 Å². The summed E-state index contributed by atoms with van der Waals surface area (Å²) in [4.78, 5) is 2.19. The summed E-state index contributed by atoms with van der Waals surface area (Å²) in [7, 11) is 2.06. The van der Waals surface area contributed by atoms with Crippen molar-refractivity contribution in [2.24, 2.45) is 0 Å². The van der Waals surface area contributed by atoms with Gasteiger partial charge >= 0.3 is 0 Å². The van der Waals surface area contributed by atoms with E-state index in [4.69, 9.17) is 4.74 Å². The Kier molecular flexibility index (Phi) is 5.18. The molecule has 0 atom stereocenters. The van der Waals surface area contributed by atoms with Gasteiger partial charge < -0.3 is 9.84 Å². The molecule has 20 heavy (non-hydrogen) atoms. The third-order valence-electron chi connectivity index (χ3n) is 4.00. The van der Waals surface area contributed by atoms with Gasteiger partial charge in [0.2, 0.25) is 0 Å². The van der Waals surface area contributed by atoms with E-state index in [0.717, 1.165) is 38.0 Å². The fourth-order valence-corrected chi connectivity index (χ4v) is 2.83. The first-order valence-electron chi connectivity index (χ1n) is 7.60. The van der Waals surface area contributed by atoms with Crippen LogP contribution in [-0.2, 0) is 24.2 Å². The van der Waals surface area contributed by atoms with Gasteiger partial charge in [-0.1, -0.05) is 6.92 Å². The molecule has 2 rings (SSSR count). The highest BCUT2D eigenvalue weighted by molar-refractivity contribution is 5.10. The maximum Gasteiger partial charge on any atom is 0.0817 e. The highest BCUT2D eigenvalue weighted by atomic mass is 16.5. The second-order valence-electron chi connectivity index (χ2n) is 5.81. The fraction of sp³-hybridized carbons (Fsp3) is 0.800. The number of likely N-dealkylation sites (N-methyl/N-ethyl adjacent to an activating group) is 1. The molecule has 0 radical (unpaired) electrons. The largest absolute Gasteiger partial charge is 0.388 e. The number of ether oxygens (including phenoxy) is 1. The SMILES string of the molecule is CCc1cc(CN(C)CC2(O)CCOCC2)n(CC)n1. The molecule has 1 aromatic heterocycles. The van der Waals surface area contributed by atoms with Crippen LogP contribution in [0.4, 0.5) is 0 Å². The quantitative estimate of drug-likeness (QED) is 0.857. The molecule has 1 fully saturated rings. The number of hydrogen-bond acceptors (Lipinski definition) is 4. The van der Waals surface area contributed by atoms with Crippen LogP contribution in [0.5, 0.6) is 0 Å². The summed E-state index contributed by atoms with van der Waals surface area (Å²) in [5.41, 5.74) is 1.76. The van der Waals surface area contributed by atoms with Crippen molar-refractivity contribution >= 4 is 0 Å². The molecule has 0 bridgehead atoms. The first-order chi connectivity index (χ1) is 9.56. The van der Waals surface area contributed by atoms with Gasteiger partial charge in [0.05, 0.1) is 17.0 Å². The smallest absolute Gasteiger partial charge is 0.0817 e. The summed E-state index contributed by atoms with van der Waals surface area (Å²) in [6, 6.07) is 2.17. The Morgan fingerprint density at radius 2 is 2.10 bits per heavy atom. The van der Waals surface area contributed by atoms with Gasteiger partial charge in [0.25, 0.3) is 0 Å². The van der Waals surface area contributed by atoms with Crippen molar-refractivity contribution < 1.29 is 9.84 Å². The Hall–Kier alpha value is -0.910. The molecule has 0 saturated carbocycles. The minimum Gasteiger partial charge on any atom is -0.388 e. The highest BCUT2D eigenvalue weighted by Crippen LogP contribution is 2.22. The molecule has 0 spiro atoms. The number of aryl methyl sites for hydroxylation is 2. The molecule has 0 unspecified atom stereocenters. The minimum absolute atomic E-state index is 0.600. The maximum atomic E-state index is 10.6. The molecule has 1 aromatic rings. The summed E-state index contributed by atoms with van der Waals surface area (Å²) in [5, 5.41) is 15.1. The molecule has 0 aromatic carbocycles. The molecule has 5 nitrogen and oxygen atoms in total. The lowest BCUT2D eigenvalue weighted by atomic mass is 9.94. The van der Waals surface area contributed by atoms with E-state index in [2.05, 4.69) is 41.6 Å². The lowest BCUT2D eigenvalue weighted by Gasteiger charge is -2.35. The molecule has 1 aliphatic heterocycles. The number of hydrogen-bond donors (Lipinski definition) is 1. The van der Waals surface area contributed by atoms with E-state index in [-0.39, 0.29) is 0 Å². The second-order valence-corrected chi connectivity index (χ2v) is 5.81. The Morgan fingerprint density at radius 1 is 1.40 bits per heavy atom. The molecule has 0 aliphatic carbocycles. The summed E-state index contributed by atoms with van der Waals surface area (Å²) in [5.74, 6) is 0. The van der Waals surface area contributed by atoms with Gasteiger partial charge in [-0.3, -0.25) is 9.58 Å².